The van der Waals surface area contributed by atoms with Crippen LogP contribution in [0.15, 0.2) is 30.6 Å². The highest BCUT2D eigenvalue weighted by atomic mass is 19.1. The molecular formula is C17H19FN4O2. The number of carbonyl (C=O) groups is 1. The Bertz CT molecular complexity index is 738. The Labute approximate surface area is 139 Å². The quantitative estimate of drug-likeness (QED) is 0.908. The lowest BCUT2D eigenvalue weighted by Crippen LogP contribution is -2.36. The van der Waals surface area contributed by atoms with Gasteiger partial charge in [0.1, 0.15) is 12.1 Å². The van der Waals surface area contributed by atoms with Gasteiger partial charge in [0.2, 0.25) is 0 Å². The van der Waals surface area contributed by atoms with Crippen molar-refractivity contribution < 1.29 is 13.9 Å². The fraction of sp³-hybridized carbons (Fsp3) is 0.353. The van der Waals surface area contributed by atoms with E-state index in [1.54, 1.807) is 4.90 Å². The summed E-state index contributed by atoms with van der Waals surface area (Å²) in [6.07, 6.45) is 1.84. The molecular weight excluding hydrogens is 311 g/mol. The molecule has 1 N–H and O–H groups in total. The Balaban J connectivity index is 1.63. The molecule has 1 aliphatic rings. The van der Waals surface area contributed by atoms with Crippen LogP contribution in [0.1, 0.15) is 18.2 Å². The number of aryl methyl sites for hydroxylation is 1. The molecule has 7 heteroatoms. The molecule has 1 aromatic heterocycles. The Morgan fingerprint density at radius 2 is 2.17 bits per heavy atom. The number of hydrogen-bond acceptors (Lipinski definition) is 5. The molecule has 0 saturated carbocycles. The molecule has 0 saturated heterocycles. The third-order valence-electron chi connectivity index (χ3n) is 3.91. The Hall–Kier alpha value is -2.70. The summed E-state index contributed by atoms with van der Waals surface area (Å²) in [6, 6.07) is 7.58. The number of hydrogen-bond donors (Lipinski definition) is 1. The van der Waals surface area contributed by atoms with E-state index in [0.717, 1.165) is 11.3 Å². The van der Waals surface area contributed by atoms with Crippen molar-refractivity contribution in [2.24, 2.45) is 0 Å². The van der Waals surface area contributed by atoms with Crippen molar-refractivity contribution >= 4 is 11.7 Å². The molecule has 0 bridgehead atoms. The van der Waals surface area contributed by atoms with Crippen molar-refractivity contribution in [1.82, 2.24) is 14.9 Å². The SMILES string of the molecule is CCc1ncnc(NCCN2Cc3ccccc3OCC2=O)c1F. The third-order valence-corrected chi connectivity index (χ3v) is 3.91. The molecule has 24 heavy (non-hydrogen) atoms. The van der Waals surface area contributed by atoms with Crippen molar-refractivity contribution in [3.05, 3.63) is 47.7 Å². The number of nitrogens with one attached hydrogen (secondary N) is 1. The summed E-state index contributed by atoms with van der Waals surface area (Å²) >= 11 is 0. The summed E-state index contributed by atoms with van der Waals surface area (Å²) in [7, 11) is 0. The fourth-order valence-electron chi connectivity index (χ4n) is 2.59. The summed E-state index contributed by atoms with van der Waals surface area (Å²) in [4.78, 5) is 21.7. The first-order valence-corrected chi connectivity index (χ1v) is 7.90. The fourth-order valence-corrected chi connectivity index (χ4v) is 2.59. The molecule has 0 radical (unpaired) electrons. The van der Waals surface area contributed by atoms with Crippen LogP contribution < -0.4 is 10.1 Å². The Kier molecular flexibility index (Phi) is 4.88. The molecule has 2 aromatic rings. The monoisotopic (exact) mass is 330 g/mol. The van der Waals surface area contributed by atoms with E-state index in [2.05, 4.69) is 15.3 Å². The number of para-hydroxylation sites is 1. The first kappa shape index (κ1) is 16.2. The number of carbonyl (C=O) groups excluding carboxylic acids is 1. The second-order valence-corrected chi connectivity index (χ2v) is 5.47. The zero-order valence-electron chi connectivity index (χ0n) is 13.5. The van der Waals surface area contributed by atoms with E-state index in [-0.39, 0.29) is 18.3 Å². The van der Waals surface area contributed by atoms with Gasteiger partial charge in [-0.2, -0.15) is 0 Å². The zero-order chi connectivity index (χ0) is 16.9. The number of benzene rings is 1. The molecule has 0 spiro atoms. The van der Waals surface area contributed by atoms with Gasteiger partial charge in [-0.05, 0) is 12.5 Å². The molecule has 2 heterocycles. The number of fused-ring (bicyclic) bond motifs is 1. The smallest absolute Gasteiger partial charge is 0.260 e. The molecule has 0 atom stereocenters. The van der Waals surface area contributed by atoms with Gasteiger partial charge in [-0.15, -0.1) is 0 Å². The van der Waals surface area contributed by atoms with Crippen LogP contribution in [0.2, 0.25) is 0 Å². The summed E-state index contributed by atoms with van der Waals surface area (Å²) in [5.74, 6) is 0.373. The molecule has 126 valence electrons. The average molecular weight is 330 g/mol. The zero-order valence-corrected chi connectivity index (χ0v) is 13.5. The van der Waals surface area contributed by atoms with Gasteiger partial charge in [-0.1, -0.05) is 25.1 Å². The molecule has 0 aliphatic carbocycles. The van der Waals surface area contributed by atoms with E-state index in [1.807, 2.05) is 31.2 Å². The number of anilines is 1. The molecule has 1 aliphatic heterocycles. The second kappa shape index (κ2) is 7.25. The topological polar surface area (TPSA) is 67.3 Å². The normalized spacial score (nSPS) is 13.9. The standard InChI is InChI=1S/C17H19FN4O2/c1-2-13-16(18)17(21-11-20-13)19-7-8-22-9-12-5-3-4-6-14(12)24-10-15(22)23/h3-6,11H,2,7-10H2,1H3,(H,19,20,21). The summed E-state index contributed by atoms with van der Waals surface area (Å²) in [5.41, 5.74) is 1.34. The highest BCUT2D eigenvalue weighted by Gasteiger charge is 2.21. The Morgan fingerprint density at radius 3 is 3.00 bits per heavy atom. The van der Waals surface area contributed by atoms with E-state index >= 15 is 0 Å². The molecule has 0 fully saturated rings. The molecule has 6 nitrogen and oxygen atoms in total. The van der Waals surface area contributed by atoms with Gasteiger partial charge in [0.25, 0.3) is 5.91 Å². The van der Waals surface area contributed by atoms with E-state index in [0.29, 0.717) is 31.7 Å². The van der Waals surface area contributed by atoms with Crippen molar-refractivity contribution in [2.45, 2.75) is 19.9 Å². The van der Waals surface area contributed by atoms with E-state index in [4.69, 9.17) is 4.74 Å². The minimum absolute atomic E-state index is 0.0128. The van der Waals surface area contributed by atoms with Crippen molar-refractivity contribution in [3.8, 4) is 5.75 Å². The van der Waals surface area contributed by atoms with Crippen LogP contribution in [0.4, 0.5) is 10.2 Å². The minimum Gasteiger partial charge on any atom is -0.483 e. The van der Waals surface area contributed by atoms with Gasteiger partial charge in [-0.3, -0.25) is 4.79 Å². The van der Waals surface area contributed by atoms with E-state index in [9.17, 15) is 9.18 Å². The van der Waals surface area contributed by atoms with Crippen LogP contribution in [-0.4, -0.2) is 40.5 Å². The van der Waals surface area contributed by atoms with Crippen molar-refractivity contribution in [1.29, 1.82) is 0 Å². The lowest BCUT2D eigenvalue weighted by molar-refractivity contribution is -0.133. The predicted octanol–water partition coefficient (Wildman–Crippen LogP) is 2.01. The number of ether oxygens (including phenoxy) is 1. The molecule has 1 aromatic carbocycles. The maximum absolute atomic E-state index is 14.1. The van der Waals surface area contributed by atoms with Gasteiger partial charge in [0.15, 0.2) is 18.2 Å². The van der Waals surface area contributed by atoms with Crippen LogP contribution >= 0.6 is 0 Å². The van der Waals surface area contributed by atoms with E-state index in [1.165, 1.54) is 6.33 Å². The third kappa shape index (κ3) is 3.45. The van der Waals surface area contributed by atoms with Crippen LogP contribution in [0, 0.1) is 5.82 Å². The van der Waals surface area contributed by atoms with Crippen LogP contribution in [0.25, 0.3) is 0 Å². The number of halogens is 1. The highest BCUT2D eigenvalue weighted by Crippen LogP contribution is 2.22. The first-order chi connectivity index (χ1) is 11.7. The van der Waals surface area contributed by atoms with Gasteiger partial charge in [0, 0.05) is 25.2 Å². The Morgan fingerprint density at radius 1 is 1.33 bits per heavy atom. The van der Waals surface area contributed by atoms with Gasteiger partial charge in [-0.25, -0.2) is 14.4 Å². The summed E-state index contributed by atoms with van der Waals surface area (Å²) in [6.45, 7) is 3.15. The average Bonchev–Trinajstić information content (AvgIpc) is 2.76. The summed E-state index contributed by atoms with van der Waals surface area (Å²) in [5, 5.41) is 2.94. The maximum Gasteiger partial charge on any atom is 0.260 e. The van der Waals surface area contributed by atoms with Gasteiger partial charge >= 0.3 is 0 Å². The number of nitrogens with zero attached hydrogens (tertiary/aromatic N) is 3. The van der Waals surface area contributed by atoms with Crippen molar-refractivity contribution in [2.75, 3.05) is 25.0 Å². The number of aromatic nitrogens is 2. The van der Waals surface area contributed by atoms with Crippen LogP contribution in [-0.2, 0) is 17.8 Å². The highest BCUT2D eigenvalue weighted by molar-refractivity contribution is 5.78. The largest absolute Gasteiger partial charge is 0.483 e. The summed E-state index contributed by atoms with van der Waals surface area (Å²) < 4.78 is 19.6. The van der Waals surface area contributed by atoms with Crippen LogP contribution in [0.5, 0.6) is 5.75 Å². The molecule has 0 unspecified atom stereocenters. The molecule has 1 amide bonds. The minimum atomic E-state index is -0.434. The number of rotatable bonds is 5. The van der Waals surface area contributed by atoms with E-state index < -0.39 is 5.82 Å². The van der Waals surface area contributed by atoms with Gasteiger partial charge in [0.05, 0.1) is 5.69 Å². The molecule has 3 rings (SSSR count). The van der Waals surface area contributed by atoms with Gasteiger partial charge < -0.3 is 15.0 Å². The second-order valence-electron chi connectivity index (χ2n) is 5.47. The lowest BCUT2D eigenvalue weighted by atomic mass is 10.2. The predicted molar refractivity (Wildman–Crippen MR) is 87.2 cm³/mol. The van der Waals surface area contributed by atoms with Crippen LogP contribution in [0.3, 0.4) is 0 Å². The lowest BCUT2D eigenvalue weighted by Gasteiger charge is -2.20. The maximum atomic E-state index is 14.1. The first-order valence-electron chi connectivity index (χ1n) is 7.90. The van der Waals surface area contributed by atoms with Crippen molar-refractivity contribution in [3.63, 3.8) is 0 Å². The number of amides is 1.